The zero-order valence-electron chi connectivity index (χ0n) is 6.42. The van der Waals surface area contributed by atoms with Crippen molar-refractivity contribution in [3.8, 4) is 0 Å². The monoisotopic (exact) mass is 129 g/mol. The Morgan fingerprint density at radius 1 is 1.56 bits per heavy atom. The fourth-order valence-electron chi connectivity index (χ4n) is 0.737. The van der Waals surface area contributed by atoms with Crippen LogP contribution in [0, 0.1) is 5.92 Å². The number of rotatable bonds is 4. The molecular weight excluding hydrogens is 114 g/mol. The lowest BCUT2D eigenvalue weighted by molar-refractivity contribution is -0.111. The summed E-state index contributed by atoms with van der Waals surface area (Å²) in [5.74, 6) is 0.222. The van der Waals surface area contributed by atoms with Gasteiger partial charge in [0.1, 0.15) is 6.29 Å². The standard InChI is InChI=1S/C7H15NO/c1-4-7(6-9)5-8(2)3/h6-7H,4-5H2,1-3H3/t7-/m1/s1. The van der Waals surface area contributed by atoms with Crippen LogP contribution < -0.4 is 0 Å². The Kier molecular flexibility index (Phi) is 4.32. The van der Waals surface area contributed by atoms with E-state index in [9.17, 15) is 4.79 Å². The highest BCUT2D eigenvalue weighted by atomic mass is 16.1. The molecule has 54 valence electrons. The SMILES string of the molecule is CC[C@@H](C=O)CN(C)C. The van der Waals surface area contributed by atoms with Gasteiger partial charge in [0.15, 0.2) is 0 Å². The molecule has 0 aromatic rings. The highest BCUT2D eigenvalue weighted by molar-refractivity contribution is 5.53. The van der Waals surface area contributed by atoms with E-state index < -0.39 is 0 Å². The first-order valence-electron chi connectivity index (χ1n) is 3.30. The Bertz CT molecular complexity index is 81.0. The van der Waals surface area contributed by atoms with E-state index in [0.29, 0.717) is 0 Å². The third kappa shape index (κ3) is 4.15. The van der Waals surface area contributed by atoms with Crippen LogP contribution in [0.5, 0.6) is 0 Å². The minimum Gasteiger partial charge on any atom is -0.309 e. The minimum atomic E-state index is 0.222. The number of aldehydes is 1. The second kappa shape index (κ2) is 4.50. The molecule has 9 heavy (non-hydrogen) atoms. The van der Waals surface area contributed by atoms with Gasteiger partial charge in [-0.3, -0.25) is 0 Å². The van der Waals surface area contributed by atoms with Crippen molar-refractivity contribution in [2.24, 2.45) is 5.92 Å². The van der Waals surface area contributed by atoms with E-state index in [2.05, 4.69) is 0 Å². The van der Waals surface area contributed by atoms with Crippen molar-refractivity contribution in [1.29, 1.82) is 0 Å². The lowest BCUT2D eigenvalue weighted by Crippen LogP contribution is -2.21. The Morgan fingerprint density at radius 3 is 2.22 bits per heavy atom. The largest absolute Gasteiger partial charge is 0.309 e. The van der Waals surface area contributed by atoms with Crippen molar-refractivity contribution in [3.05, 3.63) is 0 Å². The molecule has 0 amide bonds. The van der Waals surface area contributed by atoms with Gasteiger partial charge < -0.3 is 9.69 Å². The van der Waals surface area contributed by atoms with Gasteiger partial charge in [0.25, 0.3) is 0 Å². The average molecular weight is 129 g/mol. The molecule has 0 unspecified atom stereocenters. The van der Waals surface area contributed by atoms with Crippen molar-refractivity contribution >= 4 is 6.29 Å². The number of hydrogen-bond acceptors (Lipinski definition) is 2. The zero-order chi connectivity index (χ0) is 7.28. The summed E-state index contributed by atoms with van der Waals surface area (Å²) in [5, 5.41) is 0. The maximum absolute atomic E-state index is 10.2. The van der Waals surface area contributed by atoms with Crippen molar-refractivity contribution in [1.82, 2.24) is 4.90 Å². The highest BCUT2D eigenvalue weighted by Gasteiger charge is 2.03. The van der Waals surface area contributed by atoms with Crippen LogP contribution in [0.25, 0.3) is 0 Å². The second-order valence-corrected chi connectivity index (χ2v) is 2.57. The third-order valence-corrected chi connectivity index (χ3v) is 1.32. The summed E-state index contributed by atoms with van der Waals surface area (Å²) in [6, 6.07) is 0. The predicted octanol–water partition coefficient (Wildman–Crippen LogP) is 0.773. The average Bonchev–Trinajstić information content (AvgIpc) is 1.82. The van der Waals surface area contributed by atoms with Gasteiger partial charge in [0, 0.05) is 12.5 Å². The van der Waals surface area contributed by atoms with Crippen LogP contribution in [0.15, 0.2) is 0 Å². The number of hydrogen-bond donors (Lipinski definition) is 0. The fourth-order valence-corrected chi connectivity index (χ4v) is 0.737. The molecule has 0 aliphatic carbocycles. The van der Waals surface area contributed by atoms with Gasteiger partial charge in [-0.2, -0.15) is 0 Å². The molecule has 0 rings (SSSR count). The molecule has 2 nitrogen and oxygen atoms in total. The Hall–Kier alpha value is -0.370. The topological polar surface area (TPSA) is 20.3 Å². The molecule has 0 radical (unpaired) electrons. The summed E-state index contributed by atoms with van der Waals surface area (Å²) < 4.78 is 0. The molecule has 0 aliphatic rings. The molecule has 0 fully saturated rings. The van der Waals surface area contributed by atoms with E-state index >= 15 is 0 Å². The van der Waals surface area contributed by atoms with E-state index in [1.807, 2.05) is 25.9 Å². The second-order valence-electron chi connectivity index (χ2n) is 2.57. The molecular formula is C7H15NO. The molecule has 0 N–H and O–H groups in total. The summed E-state index contributed by atoms with van der Waals surface area (Å²) in [6.45, 7) is 2.91. The van der Waals surface area contributed by atoms with Gasteiger partial charge >= 0.3 is 0 Å². The third-order valence-electron chi connectivity index (χ3n) is 1.32. The first-order chi connectivity index (χ1) is 4.20. The lowest BCUT2D eigenvalue weighted by Gasteiger charge is -2.12. The summed E-state index contributed by atoms with van der Waals surface area (Å²) in [4.78, 5) is 12.3. The van der Waals surface area contributed by atoms with Gasteiger partial charge in [-0.1, -0.05) is 6.92 Å². The summed E-state index contributed by atoms with van der Waals surface area (Å²) in [5.41, 5.74) is 0. The van der Waals surface area contributed by atoms with Crippen LogP contribution in [0.2, 0.25) is 0 Å². The molecule has 0 saturated carbocycles. The Balaban J connectivity index is 3.42. The van der Waals surface area contributed by atoms with Gasteiger partial charge in [-0.25, -0.2) is 0 Å². The smallest absolute Gasteiger partial charge is 0.124 e. The van der Waals surface area contributed by atoms with Crippen LogP contribution >= 0.6 is 0 Å². The van der Waals surface area contributed by atoms with Crippen molar-refractivity contribution in [2.45, 2.75) is 13.3 Å². The van der Waals surface area contributed by atoms with Crippen molar-refractivity contribution in [3.63, 3.8) is 0 Å². The lowest BCUT2D eigenvalue weighted by atomic mass is 10.1. The summed E-state index contributed by atoms with van der Waals surface area (Å²) >= 11 is 0. The van der Waals surface area contributed by atoms with Crippen LogP contribution in [-0.4, -0.2) is 31.8 Å². The molecule has 0 bridgehead atoms. The molecule has 0 aromatic heterocycles. The molecule has 0 heterocycles. The first kappa shape index (κ1) is 8.63. The maximum atomic E-state index is 10.2. The van der Waals surface area contributed by atoms with Crippen LogP contribution in [0.1, 0.15) is 13.3 Å². The van der Waals surface area contributed by atoms with Crippen LogP contribution in [0.3, 0.4) is 0 Å². The van der Waals surface area contributed by atoms with Crippen molar-refractivity contribution in [2.75, 3.05) is 20.6 Å². The summed E-state index contributed by atoms with van der Waals surface area (Å²) in [6.07, 6.45) is 1.97. The number of carbonyl (C=O) groups is 1. The highest BCUT2D eigenvalue weighted by Crippen LogP contribution is 1.97. The Morgan fingerprint density at radius 2 is 2.11 bits per heavy atom. The molecule has 0 aromatic carbocycles. The summed E-state index contributed by atoms with van der Waals surface area (Å²) in [7, 11) is 3.96. The van der Waals surface area contributed by atoms with E-state index in [0.717, 1.165) is 19.3 Å². The van der Waals surface area contributed by atoms with E-state index in [-0.39, 0.29) is 5.92 Å². The van der Waals surface area contributed by atoms with E-state index in [1.54, 1.807) is 0 Å². The molecule has 1 atom stereocenters. The van der Waals surface area contributed by atoms with Gasteiger partial charge in [0.2, 0.25) is 0 Å². The van der Waals surface area contributed by atoms with Gasteiger partial charge in [-0.05, 0) is 20.5 Å². The minimum absolute atomic E-state index is 0.222. The fraction of sp³-hybridized carbons (Fsp3) is 0.857. The quantitative estimate of drug-likeness (QED) is 0.523. The van der Waals surface area contributed by atoms with Gasteiger partial charge in [0.05, 0.1) is 0 Å². The normalized spacial score (nSPS) is 13.8. The van der Waals surface area contributed by atoms with Crippen molar-refractivity contribution < 1.29 is 4.79 Å². The molecule has 2 heteroatoms. The Labute approximate surface area is 56.9 Å². The van der Waals surface area contributed by atoms with Gasteiger partial charge in [-0.15, -0.1) is 0 Å². The predicted molar refractivity (Wildman–Crippen MR) is 38.4 cm³/mol. The zero-order valence-corrected chi connectivity index (χ0v) is 6.42. The molecule has 0 saturated heterocycles. The van der Waals surface area contributed by atoms with Crippen LogP contribution in [0.4, 0.5) is 0 Å². The first-order valence-corrected chi connectivity index (χ1v) is 3.30. The van der Waals surface area contributed by atoms with E-state index in [4.69, 9.17) is 0 Å². The molecule has 0 spiro atoms. The van der Waals surface area contributed by atoms with E-state index in [1.165, 1.54) is 0 Å². The maximum Gasteiger partial charge on any atom is 0.124 e. The molecule has 0 aliphatic heterocycles. The number of nitrogens with zero attached hydrogens (tertiary/aromatic N) is 1. The number of carbonyl (C=O) groups excluding carboxylic acids is 1. The van der Waals surface area contributed by atoms with Crippen LogP contribution in [-0.2, 0) is 4.79 Å².